The first-order valence-electron chi connectivity index (χ1n) is 8.68. The molecule has 3 rings (SSSR count). The predicted octanol–water partition coefficient (Wildman–Crippen LogP) is 1.29. The van der Waals surface area contributed by atoms with Gasteiger partial charge in [0.1, 0.15) is 18.3 Å². The van der Waals surface area contributed by atoms with Gasteiger partial charge in [-0.1, -0.05) is 20.1 Å². The minimum atomic E-state index is -0.915. The van der Waals surface area contributed by atoms with Crippen molar-refractivity contribution in [3.05, 3.63) is 24.3 Å². The lowest BCUT2D eigenvalue weighted by atomic mass is 9.52. The smallest absolute Gasteiger partial charge is 0.334 e. The number of aliphatic hydroxyl groups is 1. The topological polar surface area (TPSA) is 99.1 Å². The van der Waals surface area contributed by atoms with Crippen LogP contribution in [0, 0.1) is 17.3 Å². The van der Waals surface area contributed by atoms with Gasteiger partial charge in [0.15, 0.2) is 0 Å². The van der Waals surface area contributed by atoms with Crippen molar-refractivity contribution in [1.29, 1.82) is 0 Å². The van der Waals surface area contributed by atoms with E-state index in [0.717, 1.165) is 0 Å². The lowest BCUT2D eigenvalue weighted by molar-refractivity contribution is -0.211. The van der Waals surface area contributed by atoms with Gasteiger partial charge < -0.3 is 19.3 Å². The monoisotopic (exact) mass is 364 g/mol. The minimum Gasteiger partial charge on any atom is -0.462 e. The zero-order valence-electron chi connectivity index (χ0n) is 15.2. The maximum atomic E-state index is 12.1. The number of ether oxygens (including phenoxy) is 3. The molecule has 2 saturated carbocycles. The Morgan fingerprint density at radius 1 is 1.15 bits per heavy atom. The lowest BCUT2D eigenvalue weighted by Gasteiger charge is -2.57. The molecule has 0 amide bonds. The molecule has 1 heterocycles. The SMILES string of the molecule is C=C1[C@H](O)C[C@H](OC(C)=O)[C@@]2(C)[C@H]1[C@H]1OC(=O)C(=C)[C@@H]1C[C@H]2OC(C)=O. The largest absolute Gasteiger partial charge is 0.462 e. The normalized spacial score (nSPS) is 41.8. The third-order valence-electron chi connectivity index (χ3n) is 6.08. The van der Waals surface area contributed by atoms with E-state index in [1.165, 1.54) is 13.8 Å². The summed E-state index contributed by atoms with van der Waals surface area (Å²) in [7, 11) is 0. The van der Waals surface area contributed by atoms with Crippen LogP contribution in [0.2, 0.25) is 0 Å². The molecule has 0 aromatic carbocycles. The van der Waals surface area contributed by atoms with E-state index in [4.69, 9.17) is 14.2 Å². The molecular formula is C19H24O7. The quantitative estimate of drug-likeness (QED) is 0.341. The molecule has 0 aromatic heterocycles. The maximum Gasteiger partial charge on any atom is 0.334 e. The molecule has 7 nitrogen and oxygen atoms in total. The first kappa shape index (κ1) is 18.6. The van der Waals surface area contributed by atoms with E-state index in [1.807, 2.05) is 6.92 Å². The second kappa shape index (κ2) is 6.23. The summed E-state index contributed by atoms with van der Waals surface area (Å²) in [6.45, 7) is 12.3. The van der Waals surface area contributed by atoms with Crippen molar-refractivity contribution in [3.8, 4) is 0 Å². The molecule has 142 valence electrons. The maximum absolute atomic E-state index is 12.1. The van der Waals surface area contributed by atoms with Gasteiger partial charge in [0.25, 0.3) is 0 Å². The molecule has 1 N–H and O–H groups in total. The highest BCUT2D eigenvalue weighted by Gasteiger charge is 2.65. The molecule has 3 aliphatic rings. The molecule has 2 aliphatic carbocycles. The fourth-order valence-corrected chi connectivity index (χ4v) is 4.83. The van der Waals surface area contributed by atoms with Crippen LogP contribution >= 0.6 is 0 Å². The number of carbonyl (C=O) groups excluding carboxylic acids is 3. The van der Waals surface area contributed by atoms with Crippen LogP contribution in [0.25, 0.3) is 0 Å². The van der Waals surface area contributed by atoms with Crippen molar-refractivity contribution >= 4 is 17.9 Å². The van der Waals surface area contributed by atoms with Gasteiger partial charge in [-0.05, 0) is 12.0 Å². The van der Waals surface area contributed by atoms with E-state index in [0.29, 0.717) is 17.6 Å². The summed E-state index contributed by atoms with van der Waals surface area (Å²) in [6, 6.07) is 0. The summed E-state index contributed by atoms with van der Waals surface area (Å²) in [4.78, 5) is 35.5. The van der Waals surface area contributed by atoms with Gasteiger partial charge >= 0.3 is 17.9 Å². The average Bonchev–Trinajstić information content (AvgIpc) is 2.79. The zero-order chi connectivity index (χ0) is 19.4. The van der Waals surface area contributed by atoms with Crippen molar-refractivity contribution in [2.24, 2.45) is 17.3 Å². The molecule has 1 saturated heterocycles. The second-order valence-corrected chi connectivity index (χ2v) is 7.60. The number of hydrogen-bond donors (Lipinski definition) is 1. The standard InChI is InChI=1S/C19H24O7/c1-8-12-6-14(24-10(3)20)19(5)15(25-11(4)21)7-13(22)9(2)16(19)17(12)26-18(8)23/h12-17,22H,1-2,6-7H2,3-5H3/t12-,13+,14+,15-,16+,17-,19-/m0/s1. The van der Waals surface area contributed by atoms with Gasteiger partial charge in [-0.25, -0.2) is 4.79 Å². The van der Waals surface area contributed by atoms with Gasteiger partial charge in [-0.15, -0.1) is 0 Å². The number of esters is 3. The van der Waals surface area contributed by atoms with Crippen LogP contribution in [-0.4, -0.2) is 47.4 Å². The van der Waals surface area contributed by atoms with E-state index in [9.17, 15) is 19.5 Å². The average molecular weight is 364 g/mol. The van der Waals surface area contributed by atoms with Crippen LogP contribution in [0.4, 0.5) is 0 Å². The molecule has 7 heteroatoms. The zero-order valence-corrected chi connectivity index (χ0v) is 15.2. The summed E-state index contributed by atoms with van der Waals surface area (Å²) >= 11 is 0. The van der Waals surface area contributed by atoms with E-state index < -0.39 is 53.7 Å². The molecule has 7 atom stereocenters. The van der Waals surface area contributed by atoms with E-state index in [1.54, 1.807) is 0 Å². The highest BCUT2D eigenvalue weighted by Crippen LogP contribution is 2.58. The van der Waals surface area contributed by atoms with Crippen molar-refractivity contribution in [1.82, 2.24) is 0 Å². The fraction of sp³-hybridized carbons (Fsp3) is 0.632. The molecule has 0 unspecified atom stereocenters. The summed E-state index contributed by atoms with van der Waals surface area (Å²) in [5.74, 6) is -2.33. The molecule has 0 spiro atoms. The molecule has 0 bridgehead atoms. The van der Waals surface area contributed by atoms with Crippen molar-refractivity contribution in [3.63, 3.8) is 0 Å². The van der Waals surface area contributed by atoms with Crippen LogP contribution in [0.15, 0.2) is 24.3 Å². The Kier molecular flexibility index (Phi) is 4.46. The number of carbonyl (C=O) groups is 3. The van der Waals surface area contributed by atoms with Crippen molar-refractivity contribution in [2.75, 3.05) is 0 Å². The molecule has 1 aliphatic heterocycles. The molecule has 26 heavy (non-hydrogen) atoms. The van der Waals surface area contributed by atoms with E-state index >= 15 is 0 Å². The third-order valence-corrected chi connectivity index (χ3v) is 6.08. The second-order valence-electron chi connectivity index (χ2n) is 7.60. The third kappa shape index (κ3) is 2.65. The van der Waals surface area contributed by atoms with E-state index in [2.05, 4.69) is 13.2 Å². The summed E-state index contributed by atoms with van der Waals surface area (Å²) in [5, 5.41) is 10.5. The van der Waals surface area contributed by atoms with Gasteiger partial charge in [-0.3, -0.25) is 9.59 Å². The first-order chi connectivity index (χ1) is 12.1. The van der Waals surface area contributed by atoms with Crippen LogP contribution < -0.4 is 0 Å². The number of rotatable bonds is 2. The molecule has 0 radical (unpaired) electrons. The van der Waals surface area contributed by atoms with Gasteiger partial charge in [0, 0.05) is 37.7 Å². The van der Waals surface area contributed by atoms with Crippen molar-refractivity contribution < 1.29 is 33.7 Å². The number of aliphatic hydroxyl groups excluding tert-OH is 1. The van der Waals surface area contributed by atoms with Crippen LogP contribution in [-0.2, 0) is 28.6 Å². The number of fused-ring (bicyclic) bond motifs is 3. The molecule has 3 fully saturated rings. The Bertz CT molecular complexity index is 696. The lowest BCUT2D eigenvalue weighted by Crippen LogP contribution is -2.63. The Balaban J connectivity index is 2.10. The molecule has 0 aromatic rings. The van der Waals surface area contributed by atoms with Crippen molar-refractivity contribution in [2.45, 2.75) is 58.0 Å². The van der Waals surface area contributed by atoms with Gasteiger partial charge in [0.05, 0.1) is 11.5 Å². The summed E-state index contributed by atoms with van der Waals surface area (Å²) in [6.07, 6.45) is -2.35. The Morgan fingerprint density at radius 3 is 2.23 bits per heavy atom. The summed E-state index contributed by atoms with van der Waals surface area (Å²) < 4.78 is 16.6. The highest BCUT2D eigenvalue weighted by atomic mass is 16.6. The highest BCUT2D eigenvalue weighted by molar-refractivity contribution is 5.91. The number of hydrogen-bond acceptors (Lipinski definition) is 7. The Labute approximate surface area is 152 Å². The van der Waals surface area contributed by atoms with E-state index in [-0.39, 0.29) is 12.3 Å². The Morgan fingerprint density at radius 2 is 1.69 bits per heavy atom. The minimum absolute atomic E-state index is 0.148. The van der Waals surface area contributed by atoms with Crippen LogP contribution in [0.1, 0.15) is 33.6 Å². The van der Waals surface area contributed by atoms with Gasteiger partial charge in [0.2, 0.25) is 0 Å². The fourth-order valence-electron chi connectivity index (χ4n) is 4.83. The summed E-state index contributed by atoms with van der Waals surface area (Å²) in [5.41, 5.74) is -0.0592. The molecular weight excluding hydrogens is 340 g/mol. The first-order valence-corrected chi connectivity index (χ1v) is 8.68. The van der Waals surface area contributed by atoms with Gasteiger partial charge in [-0.2, -0.15) is 0 Å². The van der Waals surface area contributed by atoms with Crippen LogP contribution in [0.5, 0.6) is 0 Å². The Hall–Kier alpha value is -2.15. The predicted molar refractivity (Wildman–Crippen MR) is 89.6 cm³/mol. The van der Waals surface area contributed by atoms with Crippen LogP contribution in [0.3, 0.4) is 0 Å².